The van der Waals surface area contributed by atoms with Crippen molar-refractivity contribution in [3.05, 3.63) is 23.3 Å². The number of benzene rings is 1. The van der Waals surface area contributed by atoms with Crippen LogP contribution in [0.1, 0.15) is 57.6 Å². The Labute approximate surface area is 183 Å². The van der Waals surface area contributed by atoms with Gasteiger partial charge in [-0.2, -0.15) is 13.2 Å². The summed E-state index contributed by atoms with van der Waals surface area (Å²) in [5, 5.41) is 10.9. The van der Waals surface area contributed by atoms with Crippen molar-refractivity contribution in [1.29, 1.82) is 0 Å². The molecule has 0 heterocycles. The maximum atomic E-state index is 14.1. The summed E-state index contributed by atoms with van der Waals surface area (Å²) in [5.74, 6) is -0.0786. The number of aliphatic imine (C=N–C) groups is 1. The van der Waals surface area contributed by atoms with E-state index in [-0.39, 0.29) is 22.8 Å². The maximum absolute atomic E-state index is 14.1. The number of halogens is 3. The van der Waals surface area contributed by atoms with E-state index in [4.69, 9.17) is 9.47 Å². The summed E-state index contributed by atoms with van der Waals surface area (Å²) in [6, 6.07) is 2.71. The number of aliphatic hydroxyl groups is 1. The van der Waals surface area contributed by atoms with Gasteiger partial charge >= 0.3 is 6.18 Å². The third-order valence-corrected chi connectivity index (χ3v) is 6.14. The fraction of sp³-hybridized carbons (Fsp3) is 0.696. The Kier molecular flexibility index (Phi) is 8.03. The van der Waals surface area contributed by atoms with Crippen molar-refractivity contribution < 1.29 is 27.8 Å². The second-order valence-corrected chi connectivity index (χ2v) is 9.19. The second-order valence-electron chi connectivity index (χ2n) is 9.19. The zero-order valence-corrected chi connectivity index (χ0v) is 19.3. The van der Waals surface area contributed by atoms with Crippen LogP contribution in [0.2, 0.25) is 0 Å². The van der Waals surface area contributed by atoms with E-state index in [9.17, 15) is 18.3 Å². The van der Waals surface area contributed by atoms with Crippen LogP contribution in [0.15, 0.2) is 17.1 Å². The van der Waals surface area contributed by atoms with Crippen LogP contribution < -0.4 is 4.74 Å². The molecule has 5 nitrogen and oxygen atoms in total. The number of hydrogen-bond acceptors (Lipinski definition) is 4. The van der Waals surface area contributed by atoms with Crippen LogP contribution in [-0.2, 0) is 10.3 Å². The molecule has 0 amide bonds. The lowest BCUT2D eigenvalue weighted by molar-refractivity contribution is -0.286. The molecule has 0 aliphatic heterocycles. The molecule has 2 rings (SSSR count). The van der Waals surface area contributed by atoms with Gasteiger partial charge in [0.05, 0.1) is 31.8 Å². The number of hydrogen-bond donors (Lipinski definition) is 1. The molecule has 1 atom stereocenters. The van der Waals surface area contributed by atoms with Gasteiger partial charge in [0.25, 0.3) is 0 Å². The van der Waals surface area contributed by atoms with Gasteiger partial charge in [0.1, 0.15) is 5.75 Å². The lowest BCUT2D eigenvalue weighted by Gasteiger charge is -2.37. The lowest BCUT2D eigenvalue weighted by atomic mass is 9.76. The quantitative estimate of drug-likeness (QED) is 0.434. The fourth-order valence-corrected chi connectivity index (χ4v) is 3.64. The van der Waals surface area contributed by atoms with Gasteiger partial charge < -0.3 is 19.5 Å². The minimum absolute atomic E-state index is 0.0786. The highest BCUT2D eigenvalue weighted by molar-refractivity contribution is 5.65. The first-order valence-corrected chi connectivity index (χ1v) is 10.7. The molecule has 1 aromatic rings. The highest BCUT2D eigenvalue weighted by Crippen LogP contribution is 2.46. The Bertz CT molecular complexity index is 770. The van der Waals surface area contributed by atoms with Gasteiger partial charge in [-0.25, -0.2) is 4.99 Å². The molecular weight excluding hydrogens is 409 g/mol. The minimum atomic E-state index is -4.94. The number of nitrogens with zero attached hydrogens (tertiary/aromatic N) is 2. The van der Waals surface area contributed by atoms with Gasteiger partial charge in [0.15, 0.2) is 0 Å². The number of ether oxygens (including phenoxy) is 2. The first-order valence-electron chi connectivity index (χ1n) is 10.7. The molecule has 0 bridgehead atoms. The summed E-state index contributed by atoms with van der Waals surface area (Å²) in [7, 11) is 3.12. The van der Waals surface area contributed by atoms with Gasteiger partial charge in [0, 0.05) is 25.2 Å². The molecule has 0 saturated heterocycles. The molecule has 8 heteroatoms. The van der Waals surface area contributed by atoms with Crippen molar-refractivity contribution in [2.75, 3.05) is 27.3 Å². The van der Waals surface area contributed by atoms with Crippen molar-refractivity contribution in [3.63, 3.8) is 0 Å². The third-order valence-electron chi connectivity index (χ3n) is 6.14. The minimum Gasteiger partial charge on any atom is -0.496 e. The van der Waals surface area contributed by atoms with E-state index in [2.05, 4.69) is 18.8 Å². The van der Waals surface area contributed by atoms with Crippen LogP contribution in [-0.4, -0.2) is 55.9 Å². The molecule has 1 fully saturated rings. The van der Waals surface area contributed by atoms with E-state index in [1.165, 1.54) is 19.2 Å². The molecule has 0 spiro atoms. The van der Waals surface area contributed by atoms with Crippen LogP contribution in [0.3, 0.4) is 0 Å². The molecule has 1 aliphatic rings. The third kappa shape index (κ3) is 6.13. The molecule has 1 N–H and O–H groups in total. The van der Waals surface area contributed by atoms with Gasteiger partial charge in [-0.3, -0.25) is 0 Å². The molecule has 176 valence electrons. The zero-order chi connectivity index (χ0) is 23.4. The Hall–Kier alpha value is -1.80. The number of methoxy groups -OCH3 is 1. The van der Waals surface area contributed by atoms with Crippen LogP contribution in [0.25, 0.3) is 0 Å². The van der Waals surface area contributed by atoms with Crippen LogP contribution in [0.4, 0.5) is 18.9 Å². The average Bonchev–Trinajstić information content (AvgIpc) is 2.70. The number of rotatable bonds is 8. The van der Waals surface area contributed by atoms with Gasteiger partial charge in [0.2, 0.25) is 5.60 Å². The van der Waals surface area contributed by atoms with E-state index in [0.717, 1.165) is 19.4 Å². The smallest absolute Gasteiger partial charge is 0.423 e. The fourth-order valence-electron chi connectivity index (χ4n) is 3.64. The Morgan fingerprint density at radius 1 is 1.26 bits per heavy atom. The zero-order valence-electron chi connectivity index (χ0n) is 19.3. The molecule has 1 saturated carbocycles. The number of alkyl halides is 3. The second kappa shape index (κ2) is 9.77. The van der Waals surface area contributed by atoms with Gasteiger partial charge in [-0.05, 0) is 56.6 Å². The first-order chi connectivity index (χ1) is 14.3. The lowest BCUT2D eigenvalue weighted by Crippen LogP contribution is -2.47. The first kappa shape index (κ1) is 25.5. The normalized spacial score (nSPS) is 19.4. The predicted octanol–water partition coefficient (Wildman–Crippen LogP) is 5.35. The van der Waals surface area contributed by atoms with Gasteiger partial charge in [-0.1, -0.05) is 13.8 Å². The van der Waals surface area contributed by atoms with Crippen molar-refractivity contribution in [3.8, 4) is 5.75 Å². The SMILES string of the molecule is CCN(C)/C=N/c1cc(OC)c(C(O)(COC2CCC(C)(C)CC2)C(F)(F)F)cc1C. The van der Waals surface area contributed by atoms with Crippen molar-refractivity contribution in [1.82, 2.24) is 4.90 Å². The van der Waals surface area contributed by atoms with E-state index in [1.807, 2.05) is 18.9 Å². The summed E-state index contributed by atoms with van der Waals surface area (Å²) in [5.41, 5.74) is -2.40. The number of aryl methyl sites for hydroxylation is 1. The standard InChI is InChI=1S/C23H35F3N2O3/c1-7-28(5)15-27-19-13-20(30-6)18(12-16(19)2)22(29,23(24,25)26)14-31-17-8-10-21(3,4)11-9-17/h12-13,15,17,29H,7-11,14H2,1-6H3/b27-15+. The molecule has 0 radical (unpaired) electrons. The van der Waals surface area contributed by atoms with Crippen molar-refractivity contribution in [2.45, 2.75) is 71.3 Å². The Balaban J connectivity index is 2.34. The monoisotopic (exact) mass is 444 g/mol. The molecule has 1 aromatic carbocycles. The molecular formula is C23H35F3N2O3. The Morgan fingerprint density at radius 3 is 2.39 bits per heavy atom. The average molecular weight is 445 g/mol. The van der Waals surface area contributed by atoms with E-state index >= 15 is 0 Å². The predicted molar refractivity (Wildman–Crippen MR) is 116 cm³/mol. The summed E-state index contributed by atoms with van der Waals surface area (Å²) in [6.07, 6.45) is -0.528. The van der Waals surface area contributed by atoms with E-state index < -0.39 is 18.4 Å². The van der Waals surface area contributed by atoms with E-state index in [0.29, 0.717) is 24.1 Å². The topological polar surface area (TPSA) is 54.3 Å². The van der Waals surface area contributed by atoms with Crippen molar-refractivity contribution in [2.24, 2.45) is 10.4 Å². The summed E-state index contributed by atoms with van der Waals surface area (Å²) >= 11 is 0. The summed E-state index contributed by atoms with van der Waals surface area (Å²) in [4.78, 5) is 6.17. The van der Waals surface area contributed by atoms with Crippen LogP contribution >= 0.6 is 0 Å². The molecule has 1 aliphatic carbocycles. The largest absolute Gasteiger partial charge is 0.496 e. The highest BCUT2D eigenvalue weighted by atomic mass is 19.4. The van der Waals surface area contributed by atoms with Crippen LogP contribution in [0.5, 0.6) is 5.75 Å². The highest BCUT2D eigenvalue weighted by Gasteiger charge is 2.57. The van der Waals surface area contributed by atoms with E-state index in [1.54, 1.807) is 13.3 Å². The molecule has 1 unspecified atom stereocenters. The van der Waals surface area contributed by atoms with Crippen LogP contribution in [0, 0.1) is 12.3 Å². The Morgan fingerprint density at radius 2 is 1.87 bits per heavy atom. The van der Waals surface area contributed by atoms with Crippen molar-refractivity contribution >= 4 is 12.0 Å². The maximum Gasteiger partial charge on any atom is 0.423 e. The summed E-state index contributed by atoms with van der Waals surface area (Å²) < 4.78 is 53.1. The molecule has 31 heavy (non-hydrogen) atoms. The summed E-state index contributed by atoms with van der Waals surface area (Å²) in [6.45, 7) is 7.76. The molecule has 0 aromatic heterocycles. The van der Waals surface area contributed by atoms with Gasteiger partial charge in [-0.15, -0.1) is 0 Å².